The van der Waals surface area contributed by atoms with Crippen LogP contribution in [0.2, 0.25) is 0 Å². The predicted octanol–water partition coefficient (Wildman–Crippen LogP) is 3.79. The number of hydrogen-bond acceptors (Lipinski definition) is 6. The SMILES string of the molecule is C/C(F)=C\C=C(/C)Cn1c(Oc2ccc(OC(F)(F)F)cc2)nc2c1c(=O)n(CCCO)c(=O)n2C. The quantitative estimate of drug-likeness (QED) is 0.346. The average Bonchev–Trinajstić information content (AvgIpc) is 3.14. The van der Waals surface area contributed by atoms with Crippen molar-refractivity contribution in [3.63, 3.8) is 0 Å². The molecule has 0 aliphatic rings. The smallest absolute Gasteiger partial charge is 0.425 e. The van der Waals surface area contributed by atoms with E-state index in [1.165, 1.54) is 42.8 Å². The molecule has 0 radical (unpaired) electrons. The third-order valence-electron chi connectivity index (χ3n) is 5.01. The third kappa shape index (κ3) is 6.22. The lowest BCUT2D eigenvalue weighted by molar-refractivity contribution is -0.274. The molecule has 1 aromatic carbocycles. The zero-order valence-corrected chi connectivity index (χ0v) is 19.7. The number of ether oxygens (including phenoxy) is 2. The summed E-state index contributed by atoms with van der Waals surface area (Å²) in [6, 6.07) is 4.43. The number of aromatic nitrogens is 4. The number of aryl methyl sites for hydroxylation is 1. The van der Waals surface area contributed by atoms with Crippen molar-refractivity contribution in [2.24, 2.45) is 7.05 Å². The van der Waals surface area contributed by atoms with E-state index in [4.69, 9.17) is 9.84 Å². The molecule has 9 nitrogen and oxygen atoms in total. The molecular formula is C23H24F4N4O5. The summed E-state index contributed by atoms with van der Waals surface area (Å²) in [4.78, 5) is 30.3. The Hall–Kier alpha value is -3.87. The Bertz CT molecular complexity index is 1410. The molecular weight excluding hydrogens is 488 g/mol. The van der Waals surface area contributed by atoms with Crippen LogP contribution in [0.25, 0.3) is 11.2 Å². The Morgan fingerprint density at radius 1 is 1.08 bits per heavy atom. The number of aliphatic hydroxyl groups excluding tert-OH is 1. The molecule has 0 bridgehead atoms. The van der Waals surface area contributed by atoms with Gasteiger partial charge in [-0.3, -0.25) is 18.5 Å². The van der Waals surface area contributed by atoms with Crippen LogP contribution in [-0.2, 0) is 20.1 Å². The van der Waals surface area contributed by atoms with Crippen molar-refractivity contribution in [3.8, 4) is 17.5 Å². The summed E-state index contributed by atoms with van der Waals surface area (Å²) in [5.74, 6) is -0.797. The van der Waals surface area contributed by atoms with Crippen molar-refractivity contribution in [2.75, 3.05) is 6.61 Å². The molecule has 2 heterocycles. The van der Waals surface area contributed by atoms with Crippen LogP contribution < -0.4 is 20.7 Å². The highest BCUT2D eigenvalue weighted by Gasteiger charge is 2.31. The van der Waals surface area contributed by atoms with Crippen LogP contribution >= 0.6 is 0 Å². The van der Waals surface area contributed by atoms with Crippen molar-refractivity contribution < 1.29 is 32.1 Å². The molecule has 1 N–H and O–H groups in total. The fraction of sp³-hybridized carbons (Fsp3) is 0.348. The fourth-order valence-corrected chi connectivity index (χ4v) is 3.38. The maximum absolute atomic E-state index is 13.3. The van der Waals surface area contributed by atoms with Crippen LogP contribution in [-0.4, -0.2) is 36.8 Å². The number of imidazole rings is 1. The van der Waals surface area contributed by atoms with E-state index in [0.717, 1.165) is 21.3 Å². The van der Waals surface area contributed by atoms with E-state index in [1.807, 2.05) is 0 Å². The highest BCUT2D eigenvalue weighted by atomic mass is 19.4. The highest BCUT2D eigenvalue weighted by Crippen LogP contribution is 2.28. The van der Waals surface area contributed by atoms with Gasteiger partial charge in [0.05, 0.1) is 5.83 Å². The zero-order valence-electron chi connectivity index (χ0n) is 19.7. The summed E-state index contributed by atoms with van der Waals surface area (Å²) in [6.45, 7) is 2.72. The molecule has 0 unspecified atom stereocenters. The molecule has 0 fully saturated rings. The van der Waals surface area contributed by atoms with Gasteiger partial charge in [-0.05, 0) is 50.6 Å². The molecule has 0 atom stereocenters. The number of benzene rings is 1. The summed E-state index contributed by atoms with van der Waals surface area (Å²) < 4.78 is 63.7. The van der Waals surface area contributed by atoms with Crippen molar-refractivity contribution >= 4 is 11.2 Å². The normalized spacial score (nSPS) is 12.9. The molecule has 0 aliphatic heterocycles. The predicted molar refractivity (Wildman–Crippen MR) is 123 cm³/mol. The third-order valence-corrected chi connectivity index (χ3v) is 5.01. The second kappa shape index (κ2) is 10.8. The topological polar surface area (TPSA) is 101 Å². The van der Waals surface area contributed by atoms with Crippen LogP contribution in [0.4, 0.5) is 17.6 Å². The van der Waals surface area contributed by atoms with Crippen LogP contribution in [0.15, 0.2) is 57.4 Å². The van der Waals surface area contributed by atoms with Crippen molar-refractivity contribution in [1.29, 1.82) is 0 Å². The number of nitrogens with zero attached hydrogens (tertiary/aromatic N) is 4. The largest absolute Gasteiger partial charge is 0.573 e. The Morgan fingerprint density at radius 2 is 1.72 bits per heavy atom. The molecule has 3 aromatic rings. The van der Waals surface area contributed by atoms with Gasteiger partial charge in [-0.2, -0.15) is 4.98 Å². The number of allylic oxidation sites excluding steroid dienone is 4. The summed E-state index contributed by atoms with van der Waals surface area (Å²) in [5, 5.41) is 9.14. The molecule has 0 saturated carbocycles. The minimum Gasteiger partial charge on any atom is -0.425 e. The van der Waals surface area contributed by atoms with Crippen molar-refractivity contribution in [2.45, 2.75) is 39.7 Å². The number of fused-ring (bicyclic) bond motifs is 1. The lowest BCUT2D eigenvalue weighted by atomic mass is 10.2. The number of aliphatic hydroxyl groups is 1. The van der Waals surface area contributed by atoms with E-state index in [1.54, 1.807) is 6.92 Å². The van der Waals surface area contributed by atoms with Gasteiger partial charge in [-0.1, -0.05) is 11.6 Å². The highest BCUT2D eigenvalue weighted by molar-refractivity contribution is 5.72. The minimum absolute atomic E-state index is 0.0160. The monoisotopic (exact) mass is 512 g/mol. The zero-order chi connectivity index (χ0) is 26.6. The lowest BCUT2D eigenvalue weighted by Gasteiger charge is -2.12. The molecule has 0 spiro atoms. The van der Waals surface area contributed by atoms with E-state index in [0.29, 0.717) is 5.57 Å². The van der Waals surface area contributed by atoms with Gasteiger partial charge in [0.15, 0.2) is 11.2 Å². The standard InChI is InChI=1S/C23H24F4N4O5/c1-14(5-6-15(2)24)13-31-18-19(29(3)22(34)30(20(18)33)11-4-12-32)28-21(31)35-16-7-9-17(10-8-16)36-23(25,26)27/h5-10,32H,4,11-13H2,1-3H3/b14-5+,15-6+. The van der Waals surface area contributed by atoms with E-state index in [-0.39, 0.29) is 49.0 Å². The molecule has 194 valence electrons. The van der Waals surface area contributed by atoms with Crippen LogP contribution in [0.3, 0.4) is 0 Å². The van der Waals surface area contributed by atoms with Gasteiger partial charge in [-0.15, -0.1) is 13.2 Å². The Kier molecular flexibility index (Phi) is 8.03. The van der Waals surface area contributed by atoms with Gasteiger partial charge in [0.1, 0.15) is 11.5 Å². The Morgan fingerprint density at radius 3 is 2.31 bits per heavy atom. The van der Waals surface area contributed by atoms with Crippen LogP contribution in [0.1, 0.15) is 20.3 Å². The fourth-order valence-electron chi connectivity index (χ4n) is 3.38. The maximum Gasteiger partial charge on any atom is 0.573 e. The molecule has 13 heteroatoms. The summed E-state index contributed by atoms with van der Waals surface area (Å²) in [5.41, 5.74) is -0.657. The first kappa shape index (κ1) is 26.7. The molecule has 0 saturated heterocycles. The van der Waals surface area contributed by atoms with Gasteiger partial charge in [-0.25, -0.2) is 9.18 Å². The molecule has 3 rings (SSSR count). The first-order valence-corrected chi connectivity index (χ1v) is 10.8. The average molecular weight is 512 g/mol. The van der Waals surface area contributed by atoms with Gasteiger partial charge in [0.2, 0.25) is 0 Å². The minimum atomic E-state index is -4.85. The van der Waals surface area contributed by atoms with E-state index in [2.05, 4.69) is 9.72 Å². The van der Waals surface area contributed by atoms with E-state index < -0.39 is 29.2 Å². The number of halogens is 4. The van der Waals surface area contributed by atoms with Crippen molar-refractivity contribution in [1.82, 2.24) is 18.7 Å². The first-order chi connectivity index (χ1) is 16.9. The summed E-state index contributed by atoms with van der Waals surface area (Å²) in [7, 11) is 1.42. The lowest BCUT2D eigenvalue weighted by Crippen LogP contribution is -2.39. The number of alkyl halides is 3. The number of rotatable bonds is 9. The molecule has 0 amide bonds. The van der Waals surface area contributed by atoms with Gasteiger partial charge in [0.25, 0.3) is 5.56 Å². The maximum atomic E-state index is 13.3. The van der Waals surface area contributed by atoms with Crippen molar-refractivity contribution in [3.05, 3.63) is 68.7 Å². The molecule has 0 aliphatic carbocycles. The second-order valence-corrected chi connectivity index (χ2v) is 7.92. The summed E-state index contributed by atoms with van der Waals surface area (Å²) in [6.07, 6.45) is -1.94. The van der Waals surface area contributed by atoms with E-state index in [9.17, 15) is 27.2 Å². The first-order valence-electron chi connectivity index (χ1n) is 10.8. The van der Waals surface area contributed by atoms with Gasteiger partial charge >= 0.3 is 18.1 Å². The van der Waals surface area contributed by atoms with Gasteiger partial charge in [0, 0.05) is 26.7 Å². The number of hydrogen-bond donors (Lipinski definition) is 1. The Labute approximate surface area is 202 Å². The Balaban J connectivity index is 2.14. The molecule has 2 aromatic heterocycles. The van der Waals surface area contributed by atoms with E-state index >= 15 is 0 Å². The van der Waals surface area contributed by atoms with Gasteiger partial charge < -0.3 is 14.6 Å². The van der Waals surface area contributed by atoms with Crippen LogP contribution in [0.5, 0.6) is 17.5 Å². The molecule has 36 heavy (non-hydrogen) atoms. The summed E-state index contributed by atoms with van der Waals surface area (Å²) >= 11 is 0. The second-order valence-electron chi connectivity index (χ2n) is 7.92. The van der Waals surface area contributed by atoms with Crippen LogP contribution in [0, 0.1) is 0 Å².